The zero-order valence-electron chi connectivity index (χ0n) is 11.8. The van der Waals surface area contributed by atoms with Gasteiger partial charge in [0.05, 0.1) is 5.75 Å². The van der Waals surface area contributed by atoms with E-state index >= 15 is 0 Å². The Hall–Kier alpha value is -0.170. The fraction of sp³-hybridized carbons (Fsp3) is 1.00. The minimum Gasteiger partial charge on any atom is -0.330 e. The van der Waals surface area contributed by atoms with E-state index in [1.54, 1.807) is 4.31 Å². The van der Waals surface area contributed by atoms with Crippen molar-refractivity contribution in [1.82, 2.24) is 9.21 Å². The van der Waals surface area contributed by atoms with Crippen molar-refractivity contribution in [2.75, 3.05) is 38.5 Å². The monoisotopic (exact) mass is 289 g/mol. The van der Waals surface area contributed by atoms with Crippen molar-refractivity contribution >= 4 is 10.0 Å². The van der Waals surface area contributed by atoms with Crippen LogP contribution < -0.4 is 5.73 Å². The summed E-state index contributed by atoms with van der Waals surface area (Å²) < 4.78 is 25.8. The van der Waals surface area contributed by atoms with Gasteiger partial charge in [-0.2, -0.15) is 0 Å². The lowest BCUT2D eigenvalue weighted by Crippen LogP contribution is -2.48. The molecule has 2 aliphatic heterocycles. The highest BCUT2D eigenvalue weighted by Gasteiger charge is 2.30. The fourth-order valence-electron chi connectivity index (χ4n) is 3.16. The highest BCUT2D eigenvalue weighted by molar-refractivity contribution is 7.89. The Morgan fingerprint density at radius 1 is 1.00 bits per heavy atom. The van der Waals surface area contributed by atoms with Crippen molar-refractivity contribution in [3.05, 3.63) is 0 Å². The summed E-state index contributed by atoms with van der Waals surface area (Å²) in [5.41, 5.74) is 5.40. The van der Waals surface area contributed by atoms with Gasteiger partial charge in [-0.25, -0.2) is 12.7 Å². The van der Waals surface area contributed by atoms with E-state index in [1.807, 2.05) is 0 Å². The molecule has 2 aliphatic rings. The standard InChI is InChI=1S/C13H27N3O2S/c14-7-4-12-19(17,18)16-10-5-13(6-11-16)15-8-2-1-3-9-15/h13H,1-12,14H2. The maximum absolute atomic E-state index is 12.1. The first-order valence-corrected chi connectivity index (χ1v) is 9.16. The van der Waals surface area contributed by atoms with Crippen LogP contribution in [-0.2, 0) is 10.0 Å². The summed E-state index contributed by atoms with van der Waals surface area (Å²) >= 11 is 0. The Morgan fingerprint density at radius 3 is 2.21 bits per heavy atom. The molecule has 0 radical (unpaired) electrons. The molecule has 6 heteroatoms. The second-order valence-corrected chi connectivity index (χ2v) is 7.77. The second-order valence-electron chi connectivity index (χ2n) is 5.69. The number of likely N-dealkylation sites (tertiary alicyclic amines) is 1. The molecule has 0 unspecified atom stereocenters. The van der Waals surface area contributed by atoms with E-state index < -0.39 is 10.0 Å². The first kappa shape index (κ1) is 15.2. The molecule has 2 fully saturated rings. The molecular weight excluding hydrogens is 262 g/mol. The Bertz CT molecular complexity index is 358. The number of hydrogen-bond acceptors (Lipinski definition) is 4. The summed E-state index contributed by atoms with van der Waals surface area (Å²) in [6.07, 6.45) is 6.49. The van der Waals surface area contributed by atoms with Crippen LogP contribution in [0.15, 0.2) is 0 Å². The Morgan fingerprint density at radius 2 is 1.63 bits per heavy atom. The van der Waals surface area contributed by atoms with Gasteiger partial charge in [-0.05, 0) is 51.7 Å². The van der Waals surface area contributed by atoms with E-state index in [4.69, 9.17) is 5.73 Å². The van der Waals surface area contributed by atoms with Gasteiger partial charge in [-0.3, -0.25) is 0 Å². The summed E-state index contributed by atoms with van der Waals surface area (Å²) in [5, 5.41) is 0. The van der Waals surface area contributed by atoms with Crippen molar-refractivity contribution in [2.45, 2.75) is 44.6 Å². The number of rotatable bonds is 5. The van der Waals surface area contributed by atoms with Gasteiger partial charge in [-0.1, -0.05) is 6.42 Å². The van der Waals surface area contributed by atoms with Crippen molar-refractivity contribution in [3.8, 4) is 0 Å². The molecule has 0 spiro atoms. The molecule has 0 aliphatic carbocycles. The molecule has 2 saturated heterocycles. The molecule has 112 valence electrons. The summed E-state index contributed by atoms with van der Waals surface area (Å²) in [6, 6.07) is 0.598. The van der Waals surface area contributed by atoms with Crippen LogP contribution in [0, 0.1) is 0 Å². The molecule has 0 aromatic heterocycles. The van der Waals surface area contributed by atoms with Crippen molar-refractivity contribution < 1.29 is 8.42 Å². The van der Waals surface area contributed by atoms with Gasteiger partial charge < -0.3 is 10.6 Å². The van der Waals surface area contributed by atoms with Gasteiger partial charge in [0.2, 0.25) is 10.0 Å². The van der Waals surface area contributed by atoms with Crippen LogP contribution >= 0.6 is 0 Å². The normalized spacial score (nSPS) is 24.7. The van der Waals surface area contributed by atoms with Crippen LogP contribution in [0.5, 0.6) is 0 Å². The number of sulfonamides is 1. The first-order chi connectivity index (χ1) is 9.13. The van der Waals surface area contributed by atoms with E-state index in [0.717, 1.165) is 12.8 Å². The van der Waals surface area contributed by atoms with Crippen molar-refractivity contribution in [1.29, 1.82) is 0 Å². The lowest BCUT2D eigenvalue weighted by atomic mass is 10.0. The molecule has 0 saturated carbocycles. The number of piperidine rings is 2. The SMILES string of the molecule is NCCCS(=O)(=O)N1CCC(N2CCCCC2)CC1. The van der Waals surface area contributed by atoms with Crippen LogP contribution in [-0.4, -0.2) is 62.1 Å². The highest BCUT2D eigenvalue weighted by Crippen LogP contribution is 2.22. The quantitative estimate of drug-likeness (QED) is 0.805. The van der Waals surface area contributed by atoms with Gasteiger partial charge >= 0.3 is 0 Å². The third-order valence-corrected chi connectivity index (χ3v) is 6.29. The molecule has 2 heterocycles. The van der Waals surface area contributed by atoms with E-state index in [9.17, 15) is 8.42 Å². The van der Waals surface area contributed by atoms with Gasteiger partial charge in [0, 0.05) is 19.1 Å². The molecule has 2 N–H and O–H groups in total. The summed E-state index contributed by atoms with van der Waals surface area (Å²) in [7, 11) is -3.06. The molecule has 19 heavy (non-hydrogen) atoms. The summed E-state index contributed by atoms with van der Waals surface area (Å²) in [4.78, 5) is 2.56. The van der Waals surface area contributed by atoms with Crippen molar-refractivity contribution in [2.24, 2.45) is 5.73 Å². The first-order valence-electron chi connectivity index (χ1n) is 7.55. The maximum atomic E-state index is 12.1. The highest BCUT2D eigenvalue weighted by atomic mass is 32.2. The molecule has 2 rings (SSSR count). The van der Waals surface area contributed by atoms with E-state index in [0.29, 0.717) is 32.1 Å². The minimum atomic E-state index is -3.06. The van der Waals surface area contributed by atoms with Crippen LogP contribution in [0.1, 0.15) is 38.5 Å². The van der Waals surface area contributed by atoms with Gasteiger partial charge in [0.25, 0.3) is 0 Å². The van der Waals surface area contributed by atoms with E-state index in [-0.39, 0.29) is 5.75 Å². The van der Waals surface area contributed by atoms with Crippen LogP contribution in [0.2, 0.25) is 0 Å². The fourth-order valence-corrected chi connectivity index (χ4v) is 4.72. The maximum Gasteiger partial charge on any atom is 0.214 e. The van der Waals surface area contributed by atoms with Gasteiger partial charge in [0.15, 0.2) is 0 Å². The van der Waals surface area contributed by atoms with Gasteiger partial charge in [-0.15, -0.1) is 0 Å². The molecule has 0 bridgehead atoms. The molecular formula is C13H27N3O2S. The Labute approximate surface area is 117 Å². The van der Waals surface area contributed by atoms with Crippen LogP contribution in [0.25, 0.3) is 0 Å². The Balaban J connectivity index is 1.81. The zero-order valence-corrected chi connectivity index (χ0v) is 12.6. The lowest BCUT2D eigenvalue weighted by molar-refractivity contribution is 0.118. The Kier molecular flexibility index (Phi) is 5.62. The second kappa shape index (κ2) is 7.02. The third kappa shape index (κ3) is 4.15. The number of nitrogens with zero attached hydrogens (tertiary/aromatic N) is 2. The summed E-state index contributed by atoms with van der Waals surface area (Å²) in [6.45, 7) is 4.22. The predicted octanol–water partition coefficient (Wildman–Crippen LogP) is 0.615. The number of hydrogen-bond donors (Lipinski definition) is 1. The predicted molar refractivity (Wildman–Crippen MR) is 77.5 cm³/mol. The van der Waals surface area contributed by atoms with E-state index in [1.165, 1.54) is 32.4 Å². The zero-order chi connectivity index (χ0) is 13.7. The topological polar surface area (TPSA) is 66.6 Å². The molecule has 0 amide bonds. The van der Waals surface area contributed by atoms with Crippen molar-refractivity contribution in [3.63, 3.8) is 0 Å². The van der Waals surface area contributed by atoms with Gasteiger partial charge in [0.1, 0.15) is 0 Å². The van der Waals surface area contributed by atoms with Crippen LogP contribution in [0.4, 0.5) is 0 Å². The molecule has 0 aromatic rings. The number of nitrogens with two attached hydrogens (primary N) is 1. The third-order valence-electron chi connectivity index (χ3n) is 4.33. The molecule has 0 aromatic carbocycles. The molecule has 5 nitrogen and oxygen atoms in total. The lowest BCUT2D eigenvalue weighted by Gasteiger charge is -2.39. The smallest absolute Gasteiger partial charge is 0.214 e. The minimum absolute atomic E-state index is 0.206. The molecule has 0 atom stereocenters. The van der Waals surface area contributed by atoms with E-state index in [2.05, 4.69) is 4.90 Å². The average Bonchev–Trinajstić information content (AvgIpc) is 2.46. The summed E-state index contributed by atoms with van der Waals surface area (Å²) in [5.74, 6) is 0.206. The van der Waals surface area contributed by atoms with Crippen LogP contribution in [0.3, 0.4) is 0 Å². The largest absolute Gasteiger partial charge is 0.330 e. The average molecular weight is 289 g/mol.